The number of para-hydroxylation sites is 1. The molecule has 0 radical (unpaired) electrons. The molecule has 0 atom stereocenters. The van der Waals surface area contributed by atoms with Gasteiger partial charge in [0.25, 0.3) is 0 Å². The molecule has 3 aromatic carbocycles. The highest BCUT2D eigenvalue weighted by Gasteiger charge is 2.22. The van der Waals surface area contributed by atoms with Crippen molar-refractivity contribution < 1.29 is 13.2 Å². The topological polar surface area (TPSA) is 69.4 Å². The van der Waals surface area contributed by atoms with E-state index in [2.05, 4.69) is 6.07 Å². The number of hydrogen-bond acceptors (Lipinski definition) is 3. The van der Waals surface area contributed by atoms with E-state index >= 15 is 0 Å². The molecule has 0 aromatic heterocycles. The summed E-state index contributed by atoms with van der Waals surface area (Å²) >= 11 is 0. The zero-order chi connectivity index (χ0) is 18.1. The molecular weight excluding hydrogens is 346 g/mol. The number of hydrogen-bond donors (Lipinski definition) is 1. The largest absolute Gasteiger partial charge is 0.456 e. The van der Waals surface area contributed by atoms with Crippen LogP contribution in [0.4, 0.5) is 0 Å². The molecule has 4 rings (SSSR count). The van der Waals surface area contributed by atoms with E-state index in [1.165, 1.54) is 12.1 Å². The number of nitrogens with two attached hydrogens (primary N) is 1. The highest BCUT2D eigenvalue weighted by molar-refractivity contribution is 7.89. The Kier molecular flexibility index (Phi) is 4.11. The molecule has 3 aromatic rings. The Bertz CT molecular complexity index is 1090. The number of allylic oxidation sites excluding steroid dienone is 1. The third kappa shape index (κ3) is 3.14. The minimum atomic E-state index is -3.72. The molecule has 0 saturated carbocycles. The average Bonchev–Trinajstić information content (AvgIpc) is 2.67. The van der Waals surface area contributed by atoms with E-state index < -0.39 is 10.0 Å². The van der Waals surface area contributed by atoms with Crippen LogP contribution in [0.25, 0.3) is 11.3 Å². The van der Waals surface area contributed by atoms with Gasteiger partial charge in [0.1, 0.15) is 11.5 Å². The summed E-state index contributed by atoms with van der Waals surface area (Å²) in [6, 6.07) is 24.4. The molecule has 0 unspecified atom stereocenters. The molecule has 0 amide bonds. The molecule has 1 aliphatic heterocycles. The van der Waals surface area contributed by atoms with Crippen molar-refractivity contribution >= 4 is 21.4 Å². The van der Waals surface area contributed by atoms with Crippen LogP contribution in [0.5, 0.6) is 5.75 Å². The Labute approximate surface area is 152 Å². The maximum absolute atomic E-state index is 11.5. The summed E-state index contributed by atoms with van der Waals surface area (Å²) in [5.74, 6) is 1.55. The Morgan fingerprint density at radius 2 is 1.42 bits per heavy atom. The first-order valence-corrected chi connectivity index (χ1v) is 9.74. The third-order valence-corrected chi connectivity index (χ3v) is 5.32. The van der Waals surface area contributed by atoms with Gasteiger partial charge in [-0.1, -0.05) is 48.5 Å². The Balaban J connectivity index is 1.85. The predicted molar refractivity (Wildman–Crippen MR) is 102 cm³/mol. The van der Waals surface area contributed by atoms with Crippen LogP contribution in [0, 0.1) is 0 Å². The quantitative estimate of drug-likeness (QED) is 0.769. The first kappa shape index (κ1) is 16.6. The minimum Gasteiger partial charge on any atom is -0.456 e. The van der Waals surface area contributed by atoms with E-state index in [9.17, 15) is 8.42 Å². The second-order valence-electron chi connectivity index (χ2n) is 6.13. The molecule has 26 heavy (non-hydrogen) atoms. The number of sulfonamides is 1. The highest BCUT2D eigenvalue weighted by Crippen LogP contribution is 2.39. The van der Waals surface area contributed by atoms with Crippen LogP contribution in [0.3, 0.4) is 0 Å². The zero-order valence-corrected chi connectivity index (χ0v) is 14.7. The third-order valence-electron chi connectivity index (χ3n) is 4.39. The van der Waals surface area contributed by atoms with Gasteiger partial charge in [0.05, 0.1) is 4.90 Å². The van der Waals surface area contributed by atoms with Crippen molar-refractivity contribution in [2.24, 2.45) is 5.14 Å². The molecular formula is C21H17NO3S. The van der Waals surface area contributed by atoms with Crippen LogP contribution in [0.15, 0.2) is 83.8 Å². The van der Waals surface area contributed by atoms with E-state index in [0.717, 1.165) is 40.2 Å². The molecule has 5 heteroatoms. The Morgan fingerprint density at radius 1 is 0.769 bits per heavy atom. The minimum absolute atomic E-state index is 0.0827. The van der Waals surface area contributed by atoms with E-state index in [-0.39, 0.29) is 4.90 Å². The average molecular weight is 363 g/mol. The van der Waals surface area contributed by atoms with Gasteiger partial charge in [0, 0.05) is 17.6 Å². The summed E-state index contributed by atoms with van der Waals surface area (Å²) in [6.45, 7) is 0. The van der Waals surface area contributed by atoms with E-state index in [0.29, 0.717) is 0 Å². The van der Waals surface area contributed by atoms with Crippen molar-refractivity contribution in [3.8, 4) is 5.75 Å². The van der Waals surface area contributed by atoms with E-state index in [1.54, 1.807) is 12.1 Å². The van der Waals surface area contributed by atoms with Gasteiger partial charge in [-0.05, 0) is 41.5 Å². The molecule has 130 valence electrons. The van der Waals surface area contributed by atoms with Crippen molar-refractivity contribution in [1.29, 1.82) is 0 Å². The lowest BCUT2D eigenvalue weighted by atomic mass is 9.92. The highest BCUT2D eigenvalue weighted by atomic mass is 32.2. The molecule has 2 N–H and O–H groups in total. The Morgan fingerprint density at radius 3 is 2.12 bits per heavy atom. The smallest absolute Gasteiger partial charge is 0.238 e. The molecule has 0 spiro atoms. The predicted octanol–water partition coefficient (Wildman–Crippen LogP) is 3.84. The van der Waals surface area contributed by atoms with Gasteiger partial charge in [-0.15, -0.1) is 0 Å². The van der Waals surface area contributed by atoms with Crippen LogP contribution in [-0.2, 0) is 16.4 Å². The molecule has 0 aliphatic carbocycles. The molecule has 0 fully saturated rings. The SMILES string of the molecule is NS(=O)(=O)c1ccc(C2=C(c3ccccc3)Cc3ccccc3O2)cc1. The summed E-state index contributed by atoms with van der Waals surface area (Å²) in [6.07, 6.45) is 0.743. The van der Waals surface area contributed by atoms with Crippen molar-refractivity contribution in [3.63, 3.8) is 0 Å². The van der Waals surface area contributed by atoms with Crippen LogP contribution < -0.4 is 9.88 Å². The zero-order valence-electron chi connectivity index (χ0n) is 13.9. The standard InChI is InChI=1S/C21H17NO3S/c22-26(23,24)18-12-10-16(11-13-18)21-19(15-6-2-1-3-7-15)14-17-8-4-5-9-20(17)25-21/h1-13H,14H2,(H2,22,23,24). The summed E-state index contributed by atoms with van der Waals surface area (Å²) in [5, 5.41) is 5.20. The summed E-state index contributed by atoms with van der Waals surface area (Å²) in [5.41, 5.74) is 4.07. The summed E-state index contributed by atoms with van der Waals surface area (Å²) in [4.78, 5) is 0.0827. The van der Waals surface area contributed by atoms with Crippen LogP contribution in [0.1, 0.15) is 16.7 Å². The van der Waals surface area contributed by atoms with Gasteiger partial charge in [0.2, 0.25) is 10.0 Å². The lowest BCUT2D eigenvalue weighted by molar-refractivity contribution is 0.502. The maximum Gasteiger partial charge on any atom is 0.238 e. The van der Waals surface area contributed by atoms with E-state index in [4.69, 9.17) is 9.88 Å². The molecule has 1 heterocycles. The fraction of sp³-hybridized carbons (Fsp3) is 0.0476. The molecule has 1 aliphatic rings. The van der Waals surface area contributed by atoms with E-state index in [1.807, 2.05) is 48.5 Å². The first-order chi connectivity index (χ1) is 12.5. The summed E-state index contributed by atoms with van der Waals surface area (Å²) in [7, 11) is -3.72. The van der Waals surface area contributed by atoms with Crippen molar-refractivity contribution in [1.82, 2.24) is 0 Å². The normalized spacial score (nSPS) is 13.9. The number of ether oxygens (including phenoxy) is 1. The molecule has 4 nitrogen and oxygen atoms in total. The second kappa shape index (κ2) is 6.44. The monoisotopic (exact) mass is 363 g/mol. The second-order valence-corrected chi connectivity index (χ2v) is 7.69. The number of primary sulfonamides is 1. The summed E-state index contributed by atoms with van der Waals surface area (Å²) < 4.78 is 29.2. The maximum atomic E-state index is 11.5. The fourth-order valence-electron chi connectivity index (χ4n) is 3.09. The molecule has 0 saturated heterocycles. The van der Waals surface area contributed by atoms with Crippen LogP contribution in [-0.4, -0.2) is 8.42 Å². The van der Waals surface area contributed by atoms with Gasteiger partial charge in [-0.3, -0.25) is 0 Å². The van der Waals surface area contributed by atoms with Crippen molar-refractivity contribution in [2.45, 2.75) is 11.3 Å². The number of fused-ring (bicyclic) bond motifs is 1. The lowest BCUT2D eigenvalue weighted by Crippen LogP contribution is -2.12. The van der Waals surface area contributed by atoms with Crippen molar-refractivity contribution in [2.75, 3.05) is 0 Å². The van der Waals surface area contributed by atoms with Gasteiger partial charge in [-0.2, -0.15) is 0 Å². The van der Waals surface area contributed by atoms with Gasteiger partial charge < -0.3 is 4.74 Å². The number of benzene rings is 3. The molecule has 0 bridgehead atoms. The van der Waals surface area contributed by atoms with Crippen LogP contribution in [0.2, 0.25) is 0 Å². The lowest BCUT2D eigenvalue weighted by Gasteiger charge is -2.24. The fourth-order valence-corrected chi connectivity index (χ4v) is 3.61. The number of rotatable bonds is 3. The van der Waals surface area contributed by atoms with Crippen LogP contribution >= 0.6 is 0 Å². The van der Waals surface area contributed by atoms with Gasteiger partial charge >= 0.3 is 0 Å². The first-order valence-electron chi connectivity index (χ1n) is 8.20. The van der Waals surface area contributed by atoms with Gasteiger partial charge in [-0.25, -0.2) is 13.6 Å². The van der Waals surface area contributed by atoms with Gasteiger partial charge in [0.15, 0.2) is 0 Å². The van der Waals surface area contributed by atoms with Crippen molar-refractivity contribution in [3.05, 3.63) is 95.6 Å². The Hall–Kier alpha value is -2.89.